The summed E-state index contributed by atoms with van der Waals surface area (Å²) >= 11 is 0. The molecular formula is C17H40N2O11. The molecule has 0 unspecified atom stereocenters. The summed E-state index contributed by atoms with van der Waals surface area (Å²) in [5.74, 6) is -2.57. The molecule has 0 aromatic heterocycles. The van der Waals surface area contributed by atoms with Gasteiger partial charge >= 0.3 is 5.97 Å². The van der Waals surface area contributed by atoms with E-state index in [1.807, 2.05) is 13.8 Å². The van der Waals surface area contributed by atoms with Crippen LogP contribution in [0.4, 0.5) is 0 Å². The summed E-state index contributed by atoms with van der Waals surface area (Å²) in [4.78, 5) is 37.2. The van der Waals surface area contributed by atoms with Gasteiger partial charge in [0.2, 0.25) is 11.8 Å². The fraction of sp³-hybridized carbons (Fsp3) is 0.647. The smallest absolute Gasteiger partial charge is 0.303 e. The first kappa shape index (κ1) is 45.9. The first-order chi connectivity index (χ1) is 13.7. The number of aliphatic hydroxyl groups excluding tert-OH is 5. The summed E-state index contributed by atoms with van der Waals surface area (Å²) in [6.07, 6.45) is 2.77. The van der Waals surface area contributed by atoms with Crippen LogP contribution in [-0.4, -0.2) is 92.5 Å². The Morgan fingerprint density at radius 2 is 1.00 bits per heavy atom. The van der Waals surface area contributed by atoms with Gasteiger partial charge in [-0.1, -0.05) is 13.0 Å². The Morgan fingerprint density at radius 1 is 0.833 bits per heavy atom. The number of nitrogens with two attached hydrogens (primary N) is 2. The second-order valence-corrected chi connectivity index (χ2v) is 4.20. The van der Waals surface area contributed by atoms with Crippen molar-refractivity contribution >= 4 is 23.8 Å². The first-order valence-electron chi connectivity index (χ1n) is 8.32. The number of carbonyl (C=O) groups is 4. The van der Waals surface area contributed by atoms with E-state index < -0.39 is 24.5 Å². The van der Waals surface area contributed by atoms with Crippen molar-refractivity contribution < 1.29 is 54.9 Å². The molecule has 11 N–H and O–H groups in total. The van der Waals surface area contributed by atoms with Crippen LogP contribution in [0.5, 0.6) is 0 Å². The van der Waals surface area contributed by atoms with Gasteiger partial charge in [-0.05, 0) is 13.3 Å². The minimum Gasteiger partial charge on any atom is -0.481 e. The number of hydrogen-bond acceptors (Lipinski definition) is 9. The number of carbonyl (C=O) groups excluding carboxylic acids is 2. The van der Waals surface area contributed by atoms with Gasteiger partial charge in [0.1, 0.15) is 6.61 Å². The van der Waals surface area contributed by atoms with E-state index in [1.54, 1.807) is 6.08 Å². The minimum absolute atomic E-state index is 0.125. The lowest BCUT2D eigenvalue weighted by molar-refractivity contribution is -0.137. The van der Waals surface area contributed by atoms with E-state index >= 15 is 0 Å². The molecule has 0 bridgehead atoms. The summed E-state index contributed by atoms with van der Waals surface area (Å²) in [5.41, 5.74) is 8.88. The van der Waals surface area contributed by atoms with Gasteiger partial charge < -0.3 is 47.2 Å². The van der Waals surface area contributed by atoms with E-state index in [0.29, 0.717) is 6.42 Å². The van der Waals surface area contributed by atoms with Gasteiger partial charge in [0.25, 0.3) is 5.97 Å². The van der Waals surface area contributed by atoms with Crippen LogP contribution in [-0.2, 0) is 19.2 Å². The topological polar surface area (TPSA) is 262 Å². The summed E-state index contributed by atoms with van der Waals surface area (Å²) in [6, 6.07) is 0. The van der Waals surface area contributed by atoms with Crippen molar-refractivity contribution in [2.75, 3.05) is 33.0 Å². The SMILES string of the molecule is C=CC.CC(=O)O.CC(N)=O.CCCC(=O)O.NC(=O)CO.OCCO.OCCO. The van der Waals surface area contributed by atoms with E-state index in [1.165, 1.54) is 6.92 Å². The summed E-state index contributed by atoms with van der Waals surface area (Å²) in [6.45, 7) is 8.42. The number of rotatable bonds is 5. The zero-order chi connectivity index (χ0) is 26.0. The molecule has 0 rings (SSSR count). The predicted molar refractivity (Wildman–Crippen MR) is 111 cm³/mol. The highest BCUT2D eigenvalue weighted by Gasteiger charge is 1.87. The van der Waals surface area contributed by atoms with Crippen molar-refractivity contribution in [3.05, 3.63) is 12.7 Å². The zero-order valence-corrected chi connectivity index (χ0v) is 18.2. The van der Waals surface area contributed by atoms with Gasteiger partial charge in [0, 0.05) is 20.3 Å². The van der Waals surface area contributed by atoms with Gasteiger partial charge in [-0.15, -0.1) is 6.58 Å². The number of carboxylic acid groups (broad SMARTS) is 2. The highest BCUT2D eigenvalue weighted by molar-refractivity contribution is 5.74. The third-order valence-corrected chi connectivity index (χ3v) is 0.820. The Morgan fingerprint density at radius 3 is 1.00 bits per heavy atom. The Kier molecular flexibility index (Phi) is 86.1. The Labute approximate surface area is 177 Å². The molecule has 0 aliphatic heterocycles. The number of carboxylic acids is 2. The summed E-state index contributed by atoms with van der Waals surface area (Å²) in [7, 11) is 0. The van der Waals surface area contributed by atoms with Crippen LogP contribution in [0.15, 0.2) is 12.7 Å². The average Bonchev–Trinajstić information content (AvgIpc) is 2.62. The molecule has 13 heteroatoms. The van der Waals surface area contributed by atoms with Gasteiger partial charge in [-0.25, -0.2) is 0 Å². The van der Waals surface area contributed by atoms with Crippen LogP contribution in [0.1, 0.15) is 40.5 Å². The molecule has 184 valence electrons. The molecule has 0 aliphatic carbocycles. The van der Waals surface area contributed by atoms with Crippen LogP contribution >= 0.6 is 0 Å². The standard InChI is InChI=1S/C4H8O2.C3H6.C2H5NO2.C2H5NO.C2H4O2.2C2H6O2/c1-2-3-4(5)6;1-3-2;3-2(5)1-4;2*1-2(3)4;2*3-1-2-4/h2-3H2,1H3,(H,5,6);3H,1H2,2H3;4H,1H2,(H2,3,5);1H3,(H2,3,4);1H3,(H,3,4);2*3-4H,1-2H2. The number of hydrogen-bond donors (Lipinski definition) is 9. The second-order valence-electron chi connectivity index (χ2n) is 4.20. The van der Waals surface area contributed by atoms with Crippen molar-refractivity contribution in [2.45, 2.75) is 40.5 Å². The maximum Gasteiger partial charge on any atom is 0.303 e. The Balaban J connectivity index is -0.0000000416. The molecule has 0 heterocycles. The van der Waals surface area contributed by atoms with E-state index in [-0.39, 0.29) is 32.3 Å². The Hall–Kier alpha value is -2.58. The van der Waals surface area contributed by atoms with Crippen LogP contribution in [0.25, 0.3) is 0 Å². The Bertz CT molecular complexity index is 338. The van der Waals surface area contributed by atoms with Gasteiger partial charge in [0.15, 0.2) is 0 Å². The second kappa shape index (κ2) is 56.3. The number of aliphatic hydroxyl groups is 5. The van der Waals surface area contributed by atoms with Gasteiger partial charge in [-0.3, -0.25) is 19.2 Å². The molecule has 0 aliphatic rings. The molecule has 0 atom stereocenters. The van der Waals surface area contributed by atoms with Crippen molar-refractivity contribution in [2.24, 2.45) is 11.5 Å². The third-order valence-electron chi connectivity index (χ3n) is 0.820. The monoisotopic (exact) mass is 448 g/mol. The van der Waals surface area contributed by atoms with Crippen LogP contribution in [0, 0.1) is 0 Å². The number of aliphatic carboxylic acids is 2. The molecule has 30 heavy (non-hydrogen) atoms. The van der Waals surface area contributed by atoms with E-state index in [4.69, 9.17) is 40.5 Å². The minimum atomic E-state index is -0.833. The highest BCUT2D eigenvalue weighted by atomic mass is 16.4. The predicted octanol–water partition coefficient (Wildman–Crippen LogP) is -1.95. The van der Waals surface area contributed by atoms with Gasteiger partial charge in [-0.2, -0.15) is 0 Å². The van der Waals surface area contributed by atoms with Crippen molar-refractivity contribution in [3.8, 4) is 0 Å². The maximum atomic E-state index is 9.60. The third kappa shape index (κ3) is 776. The first-order valence-corrected chi connectivity index (χ1v) is 8.32. The largest absolute Gasteiger partial charge is 0.481 e. The molecule has 0 saturated heterocycles. The average molecular weight is 449 g/mol. The quantitative estimate of drug-likeness (QED) is 0.209. The van der Waals surface area contributed by atoms with Crippen LogP contribution < -0.4 is 11.5 Å². The molecule has 0 aromatic rings. The highest BCUT2D eigenvalue weighted by Crippen LogP contribution is 1.82. The van der Waals surface area contributed by atoms with Crippen LogP contribution in [0.3, 0.4) is 0 Å². The molecule has 0 fully saturated rings. The molecule has 0 aromatic carbocycles. The molecule has 0 radical (unpaired) electrons. The van der Waals surface area contributed by atoms with E-state index in [2.05, 4.69) is 18.0 Å². The van der Waals surface area contributed by atoms with Crippen molar-refractivity contribution in [3.63, 3.8) is 0 Å². The fourth-order valence-electron chi connectivity index (χ4n) is 0.214. The molecule has 0 saturated carbocycles. The summed E-state index contributed by atoms with van der Waals surface area (Å²) in [5, 5.41) is 53.5. The summed E-state index contributed by atoms with van der Waals surface area (Å²) < 4.78 is 0. The molecule has 0 spiro atoms. The number of allylic oxidation sites excluding steroid dienone is 1. The lowest BCUT2D eigenvalue weighted by atomic mass is 10.4. The lowest BCUT2D eigenvalue weighted by Gasteiger charge is -1.79. The van der Waals surface area contributed by atoms with Crippen LogP contribution in [0.2, 0.25) is 0 Å². The zero-order valence-electron chi connectivity index (χ0n) is 18.2. The molecule has 13 nitrogen and oxygen atoms in total. The van der Waals surface area contributed by atoms with Crippen molar-refractivity contribution in [1.29, 1.82) is 0 Å². The molecule has 2 amide bonds. The maximum absolute atomic E-state index is 9.60. The fourth-order valence-corrected chi connectivity index (χ4v) is 0.214. The number of amides is 2. The number of primary amides is 2. The van der Waals surface area contributed by atoms with Gasteiger partial charge in [0.05, 0.1) is 26.4 Å². The molecular weight excluding hydrogens is 408 g/mol. The van der Waals surface area contributed by atoms with E-state index in [9.17, 15) is 14.4 Å². The normalized spacial score (nSPS) is 6.97. The van der Waals surface area contributed by atoms with E-state index in [0.717, 1.165) is 13.3 Å². The van der Waals surface area contributed by atoms with Crippen molar-refractivity contribution in [1.82, 2.24) is 0 Å². The lowest BCUT2D eigenvalue weighted by Crippen LogP contribution is -2.14.